The third-order valence-electron chi connectivity index (χ3n) is 4.39. The van der Waals surface area contributed by atoms with E-state index in [9.17, 15) is 0 Å². The van der Waals surface area contributed by atoms with E-state index in [4.69, 9.17) is 4.74 Å². The summed E-state index contributed by atoms with van der Waals surface area (Å²) in [6.07, 6.45) is 0.996. The predicted octanol–water partition coefficient (Wildman–Crippen LogP) is 3.15. The van der Waals surface area contributed by atoms with Crippen molar-refractivity contribution in [2.24, 2.45) is 4.99 Å². The molecule has 0 heterocycles. The molecule has 6 heteroatoms. The molecule has 0 saturated heterocycles. The average Bonchev–Trinajstić information content (AvgIpc) is 2.68. The van der Waals surface area contributed by atoms with E-state index in [-0.39, 0.29) is 24.0 Å². The normalized spacial score (nSPS) is 12.3. The van der Waals surface area contributed by atoms with Crippen molar-refractivity contribution in [2.75, 3.05) is 34.8 Å². The van der Waals surface area contributed by atoms with Gasteiger partial charge in [-0.2, -0.15) is 0 Å². The lowest BCUT2D eigenvalue weighted by atomic mass is 10.1. The Labute approximate surface area is 180 Å². The Morgan fingerprint density at radius 1 is 1.00 bits per heavy atom. The van der Waals surface area contributed by atoms with E-state index >= 15 is 0 Å². The van der Waals surface area contributed by atoms with Gasteiger partial charge in [-0.1, -0.05) is 42.5 Å². The Bertz CT molecular complexity index is 674. The van der Waals surface area contributed by atoms with E-state index in [1.54, 1.807) is 14.2 Å². The Balaban J connectivity index is 0.00000364. The molecule has 0 aromatic heterocycles. The molecule has 27 heavy (non-hydrogen) atoms. The van der Waals surface area contributed by atoms with Crippen molar-refractivity contribution in [3.63, 3.8) is 0 Å². The molecule has 5 nitrogen and oxygen atoms in total. The van der Waals surface area contributed by atoms with Crippen molar-refractivity contribution >= 4 is 29.9 Å². The van der Waals surface area contributed by atoms with Crippen LogP contribution in [0.5, 0.6) is 5.75 Å². The smallest absolute Gasteiger partial charge is 0.191 e. The molecule has 0 bridgehead atoms. The van der Waals surface area contributed by atoms with E-state index in [0.717, 1.165) is 31.2 Å². The van der Waals surface area contributed by atoms with Crippen LogP contribution in [0.4, 0.5) is 0 Å². The predicted molar refractivity (Wildman–Crippen MR) is 124 cm³/mol. The first-order valence-corrected chi connectivity index (χ1v) is 8.90. The molecule has 1 unspecified atom stereocenters. The lowest BCUT2D eigenvalue weighted by molar-refractivity contribution is 0.290. The van der Waals surface area contributed by atoms with Crippen molar-refractivity contribution in [1.29, 1.82) is 0 Å². The maximum Gasteiger partial charge on any atom is 0.191 e. The zero-order valence-electron chi connectivity index (χ0n) is 16.6. The number of halogens is 1. The summed E-state index contributed by atoms with van der Waals surface area (Å²) < 4.78 is 5.19. The molecule has 0 saturated carbocycles. The fourth-order valence-corrected chi connectivity index (χ4v) is 2.69. The highest BCUT2D eigenvalue weighted by molar-refractivity contribution is 14.0. The van der Waals surface area contributed by atoms with Crippen LogP contribution in [0.1, 0.15) is 11.1 Å². The summed E-state index contributed by atoms with van der Waals surface area (Å²) in [5.74, 6) is 1.67. The number of aliphatic imine (C=N–C) groups is 1. The monoisotopic (exact) mass is 482 g/mol. The lowest BCUT2D eigenvalue weighted by Crippen LogP contribution is -2.45. The topological polar surface area (TPSA) is 48.9 Å². The molecule has 148 valence electrons. The Morgan fingerprint density at radius 3 is 2.22 bits per heavy atom. The first kappa shape index (κ1) is 23.2. The van der Waals surface area contributed by atoms with Crippen LogP contribution in [0.3, 0.4) is 0 Å². The highest BCUT2D eigenvalue weighted by Gasteiger charge is 2.13. The van der Waals surface area contributed by atoms with Crippen molar-refractivity contribution < 1.29 is 4.74 Å². The minimum Gasteiger partial charge on any atom is -0.497 e. The van der Waals surface area contributed by atoms with Gasteiger partial charge >= 0.3 is 0 Å². The fourth-order valence-electron chi connectivity index (χ4n) is 2.69. The maximum absolute atomic E-state index is 5.19. The van der Waals surface area contributed by atoms with Gasteiger partial charge in [0, 0.05) is 26.2 Å². The van der Waals surface area contributed by atoms with Gasteiger partial charge in [0.05, 0.1) is 7.11 Å². The van der Waals surface area contributed by atoms with Gasteiger partial charge in [0.1, 0.15) is 5.75 Å². The largest absolute Gasteiger partial charge is 0.497 e. The highest BCUT2D eigenvalue weighted by Crippen LogP contribution is 2.11. The molecular weight excluding hydrogens is 451 g/mol. The third kappa shape index (κ3) is 8.17. The number of likely N-dealkylation sites (N-methyl/N-ethyl adjacent to an activating group) is 1. The van der Waals surface area contributed by atoms with Crippen molar-refractivity contribution in [1.82, 2.24) is 15.5 Å². The number of rotatable bonds is 8. The highest BCUT2D eigenvalue weighted by atomic mass is 127. The Hall–Kier alpha value is -1.80. The first-order chi connectivity index (χ1) is 12.6. The molecule has 0 spiro atoms. The zero-order valence-corrected chi connectivity index (χ0v) is 18.9. The number of nitrogens with one attached hydrogen (secondary N) is 2. The Morgan fingerprint density at radius 2 is 1.67 bits per heavy atom. The van der Waals surface area contributed by atoms with Crippen LogP contribution in [0, 0.1) is 0 Å². The summed E-state index contributed by atoms with van der Waals surface area (Å²) in [5, 5.41) is 6.80. The van der Waals surface area contributed by atoms with E-state index in [1.807, 2.05) is 12.1 Å². The molecule has 0 aliphatic heterocycles. The molecule has 2 aromatic rings. The van der Waals surface area contributed by atoms with Gasteiger partial charge in [-0.05, 0) is 43.8 Å². The molecule has 0 amide bonds. The van der Waals surface area contributed by atoms with Crippen LogP contribution in [0.15, 0.2) is 59.6 Å². The van der Waals surface area contributed by atoms with Gasteiger partial charge in [0.25, 0.3) is 0 Å². The molecule has 0 fully saturated rings. The quantitative estimate of drug-likeness (QED) is 0.345. The Kier molecular flexibility index (Phi) is 10.8. The number of methoxy groups -OCH3 is 1. The van der Waals surface area contributed by atoms with Crippen LogP contribution in [-0.2, 0) is 13.0 Å². The summed E-state index contributed by atoms with van der Waals surface area (Å²) in [6, 6.07) is 19.0. The molecule has 2 rings (SSSR count). The fraction of sp³-hybridized carbons (Fsp3) is 0.381. The van der Waals surface area contributed by atoms with Crippen LogP contribution in [0.25, 0.3) is 0 Å². The summed E-state index contributed by atoms with van der Waals surface area (Å²) in [4.78, 5) is 6.57. The standard InChI is InChI=1S/C21H30N4O.HI/c1-22-21(23-15-18-10-12-20(26-4)13-11-18)24-16-19(25(2)3)14-17-8-6-5-7-9-17;/h5-13,19H,14-16H2,1-4H3,(H2,22,23,24);1H. The van der Waals surface area contributed by atoms with Crippen LogP contribution in [-0.4, -0.2) is 51.7 Å². The van der Waals surface area contributed by atoms with E-state index < -0.39 is 0 Å². The second-order valence-corrected chi connectivity index (χ2v) is 6.46. The molecule has 2 N–H and O–H groups in total. The van der Waals surface area contributed by atoms with Crippen molar-refractivity contribution in [2.45, 2.75) is 19.0 Å². The van der Waals surface area contributed by atoms with Crippen LogP contribution in [0.2, 0.25) is 0 Å². The minimum atomic E-state index is 0. The summed E-state index contributed by atoms with van der Waals surface area (Å²) in [6.45, 7) is 1.54. The van der Waals surface area contributed by atoms with Gasteiger partial charge in [0.2, 0.25) is 0 Å². The summed E-state index contributed by atoms with van der Waals surface area (Å²) >= 11 is 0. The number of benzene rings is 2. The third-order valence-corrected chi connectivity index (χ3v) is 4.39. The average molecular weight is 482 g/mol. The molecule has 0 aliphatic carbocycles. The van der Waals surface area contributed by atoms with E-state index in [0.29, 0.717) is 6.04 Å². The number of nitrogens with zero attached hydrogens (tertiary/aromatic N) is 2. The second-order valence-electron chi connectivity index (χ2n) is 6.46. The van der Waals surface area contributed by atoms with Crippen LogP contribution >= 0.6 is 24.0 Å². The first-order valence-electron chi connectivity index (χ1n) is 8.90. The van der Waals surface area contributed by atoms with Gasteiger partial charge in [-0.25, -0.2) is 0 Å². The SMILES string of the molecule is CN=C(NCc1ccc(OC)cc1)NCC(Cc1ccccc1)N(C)C.I. The number of ether oxygens (including phenoxy) is 1. The van der Waals surface area contributed by atoms with Crippen LogP contribution < -0.4 is 15.4 Å². The van der Waals surface area contributed by atoms with E-state index in [2.05, 4.69) is 77.1 Å². The van der Waals surface area contributed by atoms with Gasteiger partial charge in [0.15, 0.2) is 5.96 Å². The lowest BCUT2D eigenvalue weighted by Gasteiger charge is -2.25. The van der Waals surface area contributed by atoms with Crippen molar-refractivity contribution in [3.8, 4) is 5.75 Å². The number of hydrogen-bond acceptors (Lipinski definition) is 3. The second kappa shape index (κ2) is 12.6. The number of hydrogen-bond donors (Lipinski definition) is 2. The number of guanidine groups is 1. The van der Waals surface area contributed by atoms with E-state index in [1.165, 1.54) is 11.1 Å². The summed E-state index contributed by atoms with van der Waals surface area (Å²) in [7, 11) is 7.70. The molecule has 1 atom stereocenters. The van der Waals surface area contributed by atoms with Crippen molar-refractivity contribution in [3.05, 3.63) is 65.7 Å². The molecule has 0 radical (unpaired) electrons. The van der Waals surface area contributed by atoms with Gasteiger partial charge in [-0.3, -0.25) is 4.99 Å². The molecule has 2 aromatic carbocycles. The zero-order chi connectivity index (χ0) is 18.8. The van der Waals surface area contributed by atoms with Gasteiger partial charge in [-0.15, -0.1) is 24.0 Å². The minimum absolute atomic E-state index is 0. The van der Waals surface area contributed by atoms with Gasteiger partial charge < -0.3 is 20.3 Å². The maximum atomic E-state index is 5.19. The molecule has 0 aliphatic rings. The molecular formula is C21H31IN4O. The summed E-state index contributed by atoms with van der Waals surface area (Å²) in [5.41, 5.74) is 2.52.